The molecule has 2 N–H and O–H groups in total. The second kappa shape index (κ2) is 9.64. The van der Waals surface area contributed by atoms with E-state index in [1.807, 2.05) is 55.5 Å². The van der Waals surface area contributed by atoms with Gasteiger partial charge in [-0.1, -0.05) is 30.3 Å². The van der Waals surface area contributed by atoms with Gasteiger partial charge in [0.15, 0.2) is 0 Å². The number of thioether (sulfide) groups is 1. The molecule has 0 fully saturated rings. The molecule has 0 aliphatic carbocycles. The number of benzene rings is 2. The molecule has 0 aliphatic heterocycles. The largest absolute Gasteiger partial charge is 0.326 e. The summed E-state index contributed by atoms with van der Waals surface area (Å²) in [6.07, 6.45) is 0.391. The first-order valence-electron chi connectivity index (χ1n) is 7.93. The minimum absolute atomic E-state index is 0.124. The first kappa shape index (κ1) is 18.7. The number of nitrogens with zero attached hydrogens (tertiary/aromatic N) is 1. The Bertz CT molecular complexity index is 760. The Hall–Kier alpha value is -2.60. The molecule has 0 saturated carbocycles. The molecule has 2 amide bonds. The van der Waals surface area contributed by atoms with E-state index in [0.29, 0.717) is 23.6 Å². The topological polar surface area (TPSA) is 70.6 Å². The van der Waals surface area contributed by atoms with Crippen LogP contribution in [0.5, 0.6) is 0 Å². The van der Waals surface area contributed by atoms with Crippen LogP contribution in [0.25, 0.3) is 0 Å². The lowest BCUT2D eigenvalue weighted by Gasteiger charge is -2.06. The van der Waals surface area contributed by atoms with E-state index < -0.39 is 0 Å². The summed E-state index contributed by atoms with van der Waals surface area (Å²) >= 11 is 1.64. The fourth-order valence-corrected chi connectivity index (χ4v) is 2.94. The number of rotatable bonds is 7. The van der Waals surface area contributed by atoms with Crippen molar-refractivity contribution < 1.29 is 9.59 Å². The number of hydrogen-bond acceptors (Lipinski definition) is 4. The number of amides is 2. The SMILES string of the molecule is CC(=O)Nc1cccc(/C(C)=N\NC(=O)CCSc2ccccc2)c1. The van der Waals surface area contributed by atoms with Crippen molar-refractivity contribution in [2.75, 3.05) is 11.1 Å². The van der Waals surface area contributed by atoms with E-state index in [2.05, 4.69) is 15.8 Å². The Morgan fingerprint density at radius 2 is 1.80 bits per heavy atom. The normalized spacial score (nSPS) is 11.0. The number of hydrogen-bond donors (Lipinski definition) is 2. The zero-order valence-electron chi connectivity index (χ0n) is 14.3. The fraction of sp³-hybridized carbons (Fsp3) is 0.211. The van der Waals surface area contributed by atoms with E-state index in [4.69, 9.17) is 0 Å². The molecule has 25 heavy (non-hydrogen) atoms. The van der Waals surface area contributed by atoms with Crippen LogP contribution in [0.1, 0.15) is 25.8 Å². The van der Waals surface area contributed by atoms with E-state index in [1.54, 1.807) is 17.8 Å². The Morgan fingerprint density at radius 1 is 1.04 bits per heavy atom. The van der Waals surface area contributed by atoms with Crippen LogP contribution in [0, 0.1) is 0 Å². The van der Waals surface area contributed by atoms with E-state index >= 15 is 0 Å². The van der Waals surface area contributed by atoms with Crippen LogP contribution in [0.2, 0.25) is 0 Å². The maximum absolute atomic E-state index is 11.9. The molecule has 0 spiro atoms. The predicted octanol–water partition coefficient (Wildman–Crippen LogP) is 3.67. The zero-order valence-corrected chi connectivity index (χ0v) is 15.1. The average Bonchev–Trinajstić information content (AvgIpc) is 2.60. The second-order valence-electron chi connectivity index (χ2n) is 5.41. The summed E-state index contributed by atoms with van der Waals surface area (Å²) in [5, 5.41) is 6.86. The van der Waals surface area contributed by atoms with Crippen molar-refractivity contribution in [2.45, 2.75) is 25.2 Å². The van der Waals surface area contributed by atoms with Crippen LogP contribution in [-0.2, 0) is 9.59 Å². The van der Waals surface area contributed by atoms with Crippen LogP contribution in [0.3, 0.4) is 0 Å². The highest BCUT2D eigenvalue weighted by atomic mass is 32.2. The molecule has 0 atom stereocenters. The maximum atomic E-state index is 11.9. The summed E-state index contributed by atoms with van der Waals surface area (Å²) in [6, 6.07) is 17.3. The van der Waals surface area contributed by atoms with Crippen LogP contribution in [0.4, 0.5) is 5.69 Å². The van der Waals surface area contributed by atoms with Crippen molar-refractivity contribution in [2.24, 2.45) is 5.10 Å². The quantitative estimate of drug-likeness (QED) is 0.452. The summed E-state index contributed by atoms with van der Waals surface area (Å²) in [5.74, 6) is 0.444. The Balaban J connectivity index is 1.83. The van der Waals surface area contributed by atoms with Crippen LogP contribution >= 0.6 is 11.8 Å². The van der Waals surface area contributed by atoms with Gasteiger partial charge in [0.05, 0.1) is 5.71 Å². The second-order valence-corrected chi connectivity index (χ2v) is 6.57. The maximum Gasteiger partial charge on any atom is 0.240 e. The first-order chi connectivity index (χ1) is 12.0. The molecule has 0 saturated heterocycles. The zero-order chi connectivity index (χ0) is 18.1. The molecule has 2 rings (SSSR count). The molecule has 130 valence electrons. The molecule has 0 unspecified atom stereocenters. The molecule has 0 aromatic heterocycles. The third-order valence-electron chi connectivity index (χ3n) is 3.29. The Labute approximate surface area is 151 Å². The van der Waals surface area contributed by atoms with Crippen molar-refractivity contribution in [3.05, 3.63) is 60.2 Å². The van der Waals surface area contributed by atoms with Gasteiger partial charge in [-0.3, -0.25) is 9.59 Å². The highest BCUT2D eigenvalue weighted by molar-refractivity contribution is 7.99. The van der Waals surface area contributed by atoms with Crippen molar-refractivity contribution >= 4 is 35.0 Å². The van der Waals surface area contributed by atoms with Gasteiger partial charge in [-0.2, -0.15) is 5.10 Å². The molecule has 0 radical (unpaired) electrons. The van der Waals surface area contributed by atoms with Gasteiger partial charge in [-0.25, -0.2) is 5.43 Å². The minimum Gasteiger partial charge on any atom is -0.326 e. The van der Waals surface area contributed by atoms with E-state index in [9.17, 15) is 9.59 Å². The van der Waals surface area contributed by atoms with Gasteiger partial charge in [0.1, 0.15) is 0 Å². The van der Waals surface area contributed by atoms with Gasteiger partial charge < -0.3 is 5.32 Å². The summed E-state index contributed by atoms with van der Waals surface area (Å²) < 4.78 is 0. The third-order valence-corrected chi connectivity index (χ3v) is 4.30. The smallest absolute Gasteiger partial charge is 0.240 e. The number of nitrogens with one attached hydrogen (secondary N) is 2. The van der Waals surface area contributed by atoms with Crippen LogP contribution in [0.15, 0.2) is 64.6 Å². The Morgan fingerprint density at radius 3 is 2.52 bits per heavy atom. The van der Waals surface area contributed by atoms with Crippen LogP contribution < -0.4 is 10.7 Å². The number of carbonyl (C=O) groups is 2. The van der Waals surface area contributed by atoms with Gasteiger partial charge >= 0.3 is 0 Å². The summed E-state index contributed by atoms with van der Waals surface area (Å²) in [7, 11) is 0. The lowest BCUT2D eigenvalue weighted by Crippen LogP contribution is -2.19. The molecule has 0 aliphatic rings. The van der Waals surface area contributed by atoms with E-state index in [1.165, 1.54) is 6.92 Å². The van der Waals surface area contributed by atoms with Crippen molar-refractivity contribution in [3.8, 4) is 0 Å². The summed E-state index contributed by atoms with van der Waals surface area (Å²) in [5.41, 5.74) is 4.79. The van der Waals surface area contributed by atoms with Crippen LogP contribution in [-0.4, -0.2) is 23.3 Å². The molecule has 5 nitrogen and oxygen atoms in total. The standard InChI is InChI=1S/C19H21N3O2S/c1-14(16-7-6-8-17(13-16)20-15(2)23)21-22-19(24)11-12-25-18-9-4-3-5-10-18/h3-10,13H,11-12H2,1-2H3,(H,20,23)(H,22,24)/b21-14-. The monoisotopic (exact) mass is 355 g/mol. The summed E-state index contributed by atoms with van der Waals surface area (Å²) in [4.78, 5) is 24.1. The lowest BCUT2D eigenvalue weighted by molar-refractivity contribution is -0.120. The molecular formula is C19H21N3O2S. The fourth-order valence-electron chi connectivity index (χ4n) is 2.07. The number of carbonyl (C=O) groups excluding carboxylic acids is 2. The van der Waals surface area contributed by atoms with Crippen molar-refractivity contribution in [3.63, 3.8) is 0 Å². The van der Waals surface area contributed by atoms with Gasteiger partial charge in [0.2, 0.25) is 11.8 Å². The van der Waals surface area contributed by atoms with E-state index in [-0.39, 0.29) is 11.8 Å². The summed E-state index contributed by atoms with van der Waals surface area (Å²) in [6.45, 7) is 3.27. The third kappa shape index (κ3) is 6.81. The molecule has 6 heteroatoms. The van der Waals surface area contributed by atoms with Gasteiger partial charge in [0, 0.05) is 29.7 Å². The minimum atomic E-state index is -0.129. The van der Waals surface area contributed by atoms with E-state index in [0.717, 1.165) is 10.5 Å². The highest BCUT2D eigenvalue weighted by Crippen LogP contribution is 2.17. The first-order valence-corrected chi connectivity index (χ1v) is 8.92. The lowest BCUT2D eigenvalue weighted by atomic mass is 10.1. The molecular weight excluding hydrogens is 334 g/mol. The highest BCUT2D eigenvalue weighted by Gasteiger charge is 2.04. The van der Waals surface area contributed by atoms with Gasteiger partial charge in [-0.15, -0.1) is 11.8 Å². The number of hydrazone groups is 1. The molecule has 0 heterocycles. The van der Waals surface area contributed by atoms with Crippen molar-refractivity contribution in [1.82, 2.24) is 5.43 Å². The molecule has 0 bridgehead atoms. The Kier molecular flexibility index (Phi) is 7.22. The average molecular weight is 355 g/mol. The van der Waals surface area contributed by atoms with Crippen molar-refractivity contribution in [1.29, 1.82) is 0 Å². The predicted molar refractivity (Wildman–Crippen MR) is 103 cm³/mol. The molecule has 2 aromatic carbocycles. The van der Waals surface area contributed by atoms with Gasteiger partial charge in [-0.05, 0) is 36.8 Å². The number of anilines is 1. The molecule has 2 aromatic rings. The van der Waals surface area contributed by atoms with Gasteiger partial charge in [0.25, 0.3) is 0 Å².